The summed E-state index contributed by atoms with van der Waals surface area (Å²) in [6, 6.07) is 3.65. The molecule has 0 aromatic heterocycles. The zero-order chi connectivity index (χ0) is 45.0. The maximum absolute atomic E-state index is 13.1. The molecule has 0 spiro atoms. The van der Waals surface area contributed by atoms with Crippen molar-refractivity contribution in [1.82, 2.24) is 0 Å². The number of benzene rings is 1. The molecule has 0 fully saturated rings. The Hall–Kier alpha value is -1.45. The minimum absolute atomic E-state index is 0. The third-order valence-corrected chi connectivity index (χ3v) is 12.9. The molecule has 0 bridgehead atoms. The molecule has 9 heteroatoms. The van der Waals surface area contributed by atoms with Crippen molar-refractivity contribution >= 4 is 22.1 Å². The van der Waals surface area contributed by atoms with Gasteiger partial charge in [-0.2, -0.15) is 0 Å². The minimum atomic E-state index is -5.02. The maximum atomic E-state index is 13.1. The van der Waals surface area contributed by atoms with Crippen LogP contribution in [0.4, 0.5) is 0 Å². The van der Waals surface area contributed by atoms with Crippen LogP contribution in [0.1, 0.15) is 279 Å². The Bertz CT molecular complexity index is 1380. The summed E-state index contributed by atoms with van der Waals surface area (Å²) in [5, 5.41) is 0. The molecule has 1 aromatic carbocycles. The fourth-order valence-electron chi connectivity index (χ4n) is 8.07. The number of unbranched alkanes of at least 4 members (excludes halogenated alkanes) is 34. The third-order valence-electron chi connectivity index (χ3n) is 12.0. The topological polar surface area (TPSA) is 110 Å². The quantitative estimate of drug-likeness (QED) is 0.0211. The molecule has 1 aromatic rings. The van der Waals surface area contributed by atoms with Gasteiger partial charge in [0.25, 0.3) is 0 Å². The maximum Gasteiger partial charge on any atom is 1.00 e. The molecule has 0 radical (unpaired) electrons. The SMILES string of the molecule is CCCCC/C=C/CCCCCCCCCCCCCCCCOC(=O)c1cccc(S(=O)(=O)[O-])c1C(=O)OCCCCCCCCCCCCCCCC/C=C/CCCCC.[Na+]. The van der Waals surface area contributed by atoms with Gasteiger partial charge >= 0.3 is 41.5 Å². The molecule has 0 amide bonds. The Morgan fingerprint density at radius 3 is 1.05 bits per heavy atom. The van der Waals surface area contributed by atoms with E-state index in [4.69, 9.17) is 9.47 Å². The van der Waals surface area contributed by atoms with Gasteiger partial charge in [0.15, 0.2) is 0 Å². The van der Waals surface area contributed by atoms with Crippen molar-refractivity contribution in [2.45, 2.75) is 263 Å². The first-order chi connectivity index (χ1) is 30.3. The van der Waals surface area contributed by atoms with Crippen molar-refractivity contribution < 1.29 is 61.6 Å². The molecular weight excluding hydrogens is 816 g/mol. The van der Waals surface area contributed by atoms with Crippen LogP contribution in [0.25, 0.3) is 0 Å². The van der Waals surface area contributed by atoms with Gasteiger partial charge in [-0.25, -0.2) is 18.0 Å². The number of rotatable bonds is 45. The van der Waals surface area contributed by atoms with Crippen LogP contribution in [0, 0.1) is 0 Å². The van der Waals surface area contributed by atoms with Crippen molar-refractivity contribution in [3.63, 3.8) is 0 Å². The van der Waals surface area contributed by atoms with E-state index < -0.39 is 32.5 Å². The van der Waals surface area contributed by atoms with Crippen LogP contribution in [0.3, 0.4) is 0 Å². The Balaban J connectivity index is 0.0000384. The number of hydrogen-bond donors (Lipinski definition) is 0. The van der Waals surface area contributed by atoms with Crippen LogP contribution in [0.5, 0.6) is 0 Å². The predicted molar refractivity (Wildman–Crippen MR) is 260 cm³/mol. The normalized spacial score (nSPS) is 11.7. The summed E-state index contributed by atoms with van der Waals surface area (Å²) < 4.78 is 47.0. The fourth-order valence-corrected chi connectivity index (χ4v) is 8.76. The first kappa shape index (κ1) is 61.5. The molecule has 0 heterocycles. The molecule has 0 aliphatic carbocycles. The molecule has 0 atom stereocenters. The van der Waals surface area contributed by atoms with Crippen molar-refractivity contribution in [3.05, 3.63) is 53.6 Å². The standard InChI is InChI=1S/C54H94O7S.Na/c1-3-5-7-9-11-13-15-17-19-21-23-25-27-29-31-33-35-37-39-41-43-48-60-53(55)50-46-45-47-51(62(57,58)59)52(50)54(56)61-49-44-42-40-38-36-34-32-30-28-26-24-22-20-18-16-14-12-10-8-6-4-2;/h11-14,45-47H,3-10,15-44,48-49H2,1-2H3,(H,57,58,59);/q;+1/p-1/b13-11+,14-12+;. The number of esters is 2. The summed E-state index contributed by atoms with van der Waals surface area (Å²) in [5.74, 6) is -1.80. The van der Waals surface area contributed by atoms with Crippen LogP contribution >= 0.6 is 0 Å². The van der Waals surface area contributed by atoms with Gasteiger partial charge < -0.3 is 14.0 Å². The molecule has 1 rings (SSSR count). The van der Waals surface area contributed by atoms with E-state index in [1.807, 2.05) is 0 Å². The predicted octanol–water partition coefficient (Wildman–Crippen LogP) is 13.9. The van der Waals surface area contributed by atoms with Crippen molar-refractivity contribution in [1.29, 1.82) is 0 Å². The van der Waals surface area contributed by atoms with Crippen molar-refractivity contribution in [2.75, 3.05) is 13.2 Å². The monoisotopic (exact) mass is 909 g/mol. The van der Waals surface area contributed by atoms with Crippen molar-refractivity contribution in [2.24, 2.45) is 0 Å². The van der Waals surface area contributed by atoms with E-state index in [-0.39, 0.29) is 48.3 Å². The summed E-state index contributed by atoms with van der Waals surface area (Å²) in [4.78, 5) is 25.3. The van der Waals surface area contributed by atoms with Crippen LogP contribution < -0.4 is 29.6 Å². The first-order valence-corrected chi connectivity index (χ1v) is 27.5. The van der Waals surface area contributed by atoms with E-state index >= 15 is 0 Å². The summed E-state index contributed by atoms with van der Waals surface area (Å²) in [5.41, 5.74) is -0.769. The molecular formula is C54H93NaO7S. The molecule has 7 nitrogen and oxygen atoms in total. The summed E-state index contributed by atoms with van der Waals surface area (Å²) in [6.45, 7) is 4.76. The van der Waals surface area contributed by atoms with Crippen LogP contribution in [-0.4, -0.2) is 38.1 Å². The van der Waals surface area contributed by atoms with E-state index in [9.17, 15) is 22.6 Å². The van der Waals surface area contributed by atoms with Crippen LogP contribution in [0.2, 0.25) is 0 Å². The number of hydrogen-bond acceptors (Lipinski definition) is 7. The van der Waals surface area contributed by atoms with E-state index in [0.717, 1.165) is 44.6 Å². The first-order valence-electron chi connectivity index (χ1n) is 26.1. The fraction of sp³-hybridized carbons (Fsp3) is 0.778. The number of ether oxygens (including phenoxy) is 2. The van der Waals surface area contributed by atoms with E-state index in [2.05, 4.69) is 38.2 Å². The smallest absolute Gasteiger partial charge is 0.744 e. The van der Waals surface area contributed by atoms with Gasteiger partial charge in [-0.15, -0.1) is 0 Å². The molecule has 0 aliphatic heterocycles. The number of allylic oxidation sites excluding steroid dienone is 4. The molecule has 0 aliphatic rings. The van der Waals surface area contributed by atoms with Crippen molar-refractivity contribution in [3.8, 4) is 0 Å². The van der Waals surface area contributed by atoms with Gasteiger partial charge in [0.2, 0.25) is 0 Å². The Morgan fingerprint density at radius 2 is 0.730 bits per heavy atom. The van der Waals surface area contributed by atoms with E-state index in [0.29, 0.717) is 12.8 Å². The number of carbonyl (C=O) groups excluding carboxylic acids is 2. The Morgan fingerprint density at radius 1 is 0.444 bits per heavy atom. The van der Waals surface area contributed by atoms with Gasteiger partial charge in [-0.1, -0.05) is 224 Å². The molecule has 358 valence electrons. The molecule has 0 saturated carbocycles. The van der Waals surface area contributed by atoms with Gasteiger partial charge in [0, 0.05) is 0 Å². The summed E-state index contributed by atoms with van der Waals surface area (Å²) in [6.07, 6.45) is 56.1. The Labute approximate surface area is 410 Å². The Kier molecular flexibility index (Phi) is 44.6. The molecule has 63 heavy (non-hydrogen) atoms. The van der Waals surface area contributed by atoms with Gasteiger partial charge in [0.1, 0.15) is 10.1 Å². The average Bonchev–Trinajstić information content (AvgIpc) is 3.26. The third kappa shape index (κ3) is 37.3. The molecule has 0 N–H and O–H groups in total. The minimum Gasteiger partial charge on any atom is -0.744 e. The van der Waals surface area contributed by atoms with Crippen LogP contribution in [0.15, 0.2) is 47.4 Å². The van der Waals surface area contributed by atoms with Crippen LogP contribution in [-0.2, 0) is 19.6 Å². The summed E-state index contributed by atoms with van der Waals surface area (Å²) in [7, 11) is -5.02. The second-order valence-electron chi connectivity index (χ2n) is 17.8. The number of carbonyl (C=O) groups is 2. The van der Waals surface area contributed by atoms with E-state index in [1.165, 1.54) is 205 Å². The average molecular weight is 909 g/mol. The largest absolute Gasteiger partial charge is 1.00 e. The zero-order valence-corrected chi connectivity index (χ0v) is 43.9. The van der Waals surface area contributed by atoms with Gasteiger partial charge in [0.05, 0.1) is 29.2 Å². The van der Waals surface area contributed by atoms with Gasteiger partial charge in [-0.05, 0) is 76.3 Å². The van der Waals surface area contributed by atoms with Gasteiger partial charge in [-0.3, -0.25) is 0 Å². The van der Waals surface area contributed by atoms with E-state index in [1.54, 1.807) is 0 Å². The second kappa shape index (κ2) is 45.7. The molecule has 0 saturated heterocycles. The molecule has 0 unspecified atom stereocenters. The summed E-state index contributed by atoms with van der Waals surface area (Å²) >= 11 is 0. The zero-order valence-electron chi connectivity index (χ0n) is 41.1. The second-order valence-corrected chi connectivity index (χ2v) is 19.2.